The van der Waals surface area contributed by atoms with Crippen molar-refractivity contribution in [1.29, 1.82) is 0 Å². The molecule has 3 aliphatic carbocycles. The molecule has 0 heterocycles. The van der Waals surface area contributed by atoms with Gasteiger partial charge in [-0.25, -0.2) is 0 Å². The third-order valence-electron chi connectivity index (χ3n) is 12.8. The van der Waals surface area contributed by atoms with Crippen molar-refractivity contribution >= 4 is 12.2 Å². The van der Waals surface area contributed by atoms with Gasteiger partial charge in [0, 0.05) is 28.9 Å². The van der Waals surface area contributed by atoms with Crippen LogP contribution < -0.4 is 4.74 Å². The van der Waals surface area contributed by atoms with Gasteiger partial charge >= 0.3 is 0 Å². The summed E-state index contributed by atoms with van der Waals surface area (Å²) in [6.45, 7) is 25.2. The highest BCUT2D eigenvalue weighted by atomic mass is 16.5. The molecule has 0 aromatic heterocycles. The number of aryl methyl sites for hydroxylation is 6. The van der Waals surface area contributed by atoms with Crippen molar-refractivity contribution < 1.29 is 4.74 Å². The van der Waals surface area contributed by atoms with E-state index in [-0.39, 0.29) is 17.3 Å². The van der Waals surface area contributed by atoms with Gasteiger partial charge in [-0.05, 0) is 146 Å². The van der Waals surface area contributed by atoms with Crippen molar-refractivity contribution in [3.05, 3.63) is 156 Å². The van der Waals surface area contributed by atoms with E-state index in [2.05, 4.69) is 155 Å². The molecular weight excluding hydrogens is 641 g/mol. The summed E-state index contributed by atoms with van der Waals surface area (Å²) < 4.78 is 6.41. The fourth-order valence-electron chi connectivity index (χ4n) is 10.4. The van der Waals surface area contributed by atoms with E-state index >= 15 is 0 Å². The van der Waals surface area contributed by atoms with E-state index in [1.165, 1.54) is 100 Å². The lowest BCUT2D eigenvalue weighted by atomic mass is 9.73. The predicted molar refractivity (Wildman–Crippen MR) is 227 cm³/mol. The maximum absolute atomic E-state index is 6.41. The van der Waals surface area contributed by atoms with Gasteiger partial charge in [0.1, 0.15) is 5.75 Å². The van der Waals surface area contributed by atoms with Crippen molar-refractivity contribution in [3.8, 4) is 28.0 Å². The summed E-state index contributed by atoms with van der Waals surface area (Å²) >= 11 is 0. The molecule has 1 nitrogen and oxygen atoms in total. The van der Waals surface area contributed by atoms with Crippen LogP contribution in [0.1, 0.15) is 137 Å². The third-order valence-corrected chi connectivity index (χ3v) is 12.8. The van der Waals surface area contributed by atoms with Crippen molar-refractivity contribution in [2.24, 2.45) is 0 Å². The van der Waals surface area contributed by atoms with Crippen LogP contribution in [0.4, 0.5) is 0 Å². The first-order chi connectivity index (χ1) is 25.2. The molecule has 8 rings (SSSR count). The second-order valence-corrected chi connectivity index (χ2v) is 17.7. The number of hydrogen-bond acceptors (Lipinski definition) is 1. The minimum absolute atomic E-state index is 0.0939. The Hall–Kier alpha value is -4.62. The Kier molecular flexibility index (Phi) is 8.52. The van der Waals surface area contributed by atoms with Gasteiger partial charge in [-0.1, -0.05) is 127 Å². The molecule has 0 saturated carbocycles. The smallest absolute Gasteiger partial charge is 0.131 e. The normalized spacial score (nSPS) is 18.8. The fraction of sp³-hybridized carbons (Fsp3) is 0.346. The molecule has 3 aliphatic rings. The molecule has 5 aromatic carbocycles. The zero-order chi connectivity index (χ0) is 37.7. The van der Waals surface area contributed by atoms with Crippen LogP contribution in [0.25, 0.3) is 34.4 Å². The number of benzene rings is 5. The van der Waals surface area contributed by atoms with Crippen LogP contribution in [0.15, 0.2) is 77.9 Å². The lowest BCUT2D eigenvalue weighted by molar-refractivity contribution is 0.398. The van der Waals surface area contributed by atoms with Crippen LogP contribution in [0.2, 0.25) is 0 Å². The molecule has 3 atom stereocenters. The van der Waals surface area contributed by atoms with E-state index in [1.54, 1.807) is 11.1 Å². The van der Waals surface area contributed by atoms with E-state index in [0.717, 1.165) is 18.6 Å². The highest BCUT2D eigenvalue weighted by Crippen LogP contribution is 2.59. The van der Waals surface area contributed by atoms with Gasteiger partial charge in [-0.15, -0.1) is 0 Å². The van der Waals surface area contributed by atoms with Gasteiger partial charge in [0.05, 0.1) is 7.11 Å². The molecule has 5 aromatic rings. The zero-order valence-corrected chi connectivity index (χ0v) is 34.1. The number of allylic oxidation sites excluding steroid dienone is 2. The minimum atomic E-state index is -0.0939. The Labute approximate surface area is 318 Å². The van der Waals surface area contributed by atoms with Crippen LogP contribution in [-0.2, 0) is 11.8 Å². The zero-order valence-electron chi connectivity index (χ0n) is 34.1. The molecule has 0 amide bonds. The maximum Gasteiger partial charge on any atom is 0.131 e. The summed E-state index contributed by atoms with van der Waals surface area (Å²) in [7, 11) is 1.86. The molecule has 0 saturated heterocycles. The van der Waals surface area contributed by atoms with E-state index in [9.17, 15) is 0 Å². The van der Waals surface area contributed by atoms with Crippen LogP contribution in [0.3, 0.4) is 0 Å². The summed E-state index contributed by atoms with van der Waals surface area (Å²) in [6.07, 6.45) is 7.32. The Morgan fingerprint density at radius 1 is 0.547 bits per heavy atom. The summed E-state index contributed by atoms with van der Waals surface area (Å²) in [5.74, 6) is 1.91. The highest BCUT2D eigenvalue weighted by molar-refractivity contribution is 5.91. The Bertz CT molecular complexity index is 2400. The number of methoxy groups -OCH3 is 1. The molecule has 1 heteroatoms. The van der Waals surface area contributed by atoms with Crippen LogP contribution in [0.5, 0.6) is 5.75 Å². The average Bonchev–Trinajstić information content (AvgIpc) is 3.74. The quantitative estimate of drug-likeness (QED) is 0.178. The standard InChI is InChI=1S/C52H56O/c1-28-13-16-36(31(4)21-28)39-19-20-40-41(39)26-44-42(49(40)37-17-14-29(2)22-32(37)5)24-34(7)47(44)48-35(8)25-43-45(48)27-46(52(9,10)11)51(53-12)50(43)38-18-15-30(3)23-33(38)6/h13-18,21-27,39,47-48H,19-20H2,1-12H3. The Morgan fingerprint density at radius 2 is 1.06 bits per heavy atom. The Morgan fingerprint density at radius 3 is 1.58 bits per heavy atom. The summed E-state index contributed by atoms with van der Waals surface area (Å²) in [5, 5.41) is 0. The first kappa shape index (κ1) is 35.4. The molecule has 53 heavy (non-hydrogen) atoms. The van der Waals surface area contributed by atoms with E-state index < -0.39 is 0 Å². The topological polar surface area (TPSA) is 9.23 Å². The first-order valence-electron chi connectivity index (χ1n) is 19.7. The summed E-state index contributed by atoms with van der Waals surface area (Å²) in [6, 6.07) is 26.2. The van der Waals surface area contributed by atoms with Crippen molar-refractivity contribution in [2.75, 3.05) is 7.11 Å². The van der Waals surface area contributed by atoms with Crippen molar-refractivity contribution in [1.82, 2.24) is 0 Å². The lowest BCUT2D eigenvalue weighted by Crippen LogP contribution is -2.17. The monoisotopic (exact) mass is 696 g/mol. The molecular formula is C52H56O. The summed E-state index contributed by atoms with van der Waals surface area (Å²) in [4.78, 5) is 0. The molecule has 3 unspecified atom stereocenters. The molecule has 0 bridgehead atoms. The summed E-state index contributed by atoms with van der Waals surface area (Å²) in [5.41, 5.74) is 27.8. The molecule has 0 spiro atoms. The van der Waals surface area contributed by atoms with E-state index in [0.29, 0.717) is 5.92 Å². The lowest BCUT2D eigenvalue weighted by Gasteiger charge is -2.31. The highest BCUT2D eigenvalue weighted by Gasteiger charge is 2.42. The van der Waals surface area contributed by atoms with Gasteiger partial charge < -0.3 is 4.74 Å². The maximum atomic E-state index is 6.41. The first-order valence-corrected chi connectivity index (χ1v) is 19.7. The molecule has 0 radical (unpaired) electrons. The number of hydrogen-bond donors (Lipinski definition) is 0. The van der Waals surface area contributed by atoms with Crippen LogP contribution >= 0.6 is 0 Å². The Balaban J connectivity index is 1.39. The van der Waals surface area contributed by atoms with Gasteiger partial charge in [0.15, 0.2) is 0 Å². The van der Waals surface area contributed by atoms with Crippen molar-refractivity contribution in [3.63, 3.8) is 0 Å². The SMILES string of the molecule is COc1c(C(C)(C)C)cc2c(c1-c1ccc(C)cc1C)C=C(C)C2C1C(C)=Cc2c1cc1c(c2-c2ccc(C)cc2C)CCC1c1ccc(C)cc1C. The van der Waals surface area contributed by atoms with Gasteiger partial charge in [0.2, 0.25) is 0 Å². The van der Waals surface area contributed by atoms with Gasteiger partial charge in [0.25, 0.3) is 0 Å². The largest absolute Gasteiger partial charge is 0.496 e. The average molecular weight is 697 g/mol. The molecule has 0 fully saturated rings. The van der Waals surface area contributed by atoms with Crippen LogP contribution in [-0.4, -0.2) is 7.11 Å². The van der Waals surface area contributed by atoms with E-state index in [4.69, 9.17) is 4.74 Å². The molecule has 270 valence electrons. The second-order valence-electron chi connectivity index (χ2n) is 17.7. The third kappa shape index (κ3) is 5.65. The number of ether oxygens (including phenoxy) is 1. The molecule has 0 aliphatic heterocycles. The van der Waals surface area contributed by atoms with Crippen LogP contribution in [0, 0.1) is 41.5 Å². The van der Waals surface area contributed by atoms with Gasteiger partial charge in [-0.2, -0.15) is 0 Å². The second kappa shape index (κ2) is 12.8. The van der Waals surface area contributed by atoms with E-state index in [1.807, 2.05) is 7.11 Å². The predicted octanol–water partition coefficient (Wildman–Crippen LogP) is 14.0. The minimum Gasteiger partial charge on any atom is -0.496 e. The number of fused-ring (bicyclic) bond motifs is 3. The molecule has 0 N–H and O–H groups in total. The fourth-order valence-corrected chi connectivity index (χ4v) is 10.4. The number of rotatable bonds is 5. The van der Waals surface area contributed by atoms with Crippen molar-refractivity contribution in [2.45, 2.75) is 112 Å². The van der Waals surface area contributed by atoms with Gasteiger partial charge in [-0.3, -0.25) is 0 Å².